The second-order valence-corrected chi connectivity index (χ2v) is 12.2. The molecule has 2 aliphatic heterocycles. The first-order valence-corrected chi connectivity index (χ1v) is 14.0. The van der Waals surface area contributed by atoms with E-state index in [0.29, 0.717) is 23.1 Å². The highest BCUT2D eigenvalue weighted by Crippen LogP contribution is 2.32. The van der Waals surface area contributed by atoms with Crippen LogP contribution in [-0.4, -0.2) is 76.4 Å². The van der Waals surface area contributed by atoms with Crippen LogP contribution in [0.25, 0.3) is 5.69 Å². The lowest BCUT2D eigenvalue weighted by Gasteiger charge is -2.29. The highest BCUT2D eigenvalue weighted by atomic mass is 35.5. The molecular weight excluding hydrogens is 470 g/mol. The molecule has 0 spiro atoms. The van der Waals surface area contributed by atoms with Gasteiger partial charge in [0.25, 0.3) is 0 Å². The largest absolute Gasteiger partial charge is 0.341 e. The molecule has 0 aliphatic carbocycles. The number of hydrogen-bond acceptors (Lipinski definition) is 7. The number of hydrogen-bond donors (Lipinski definition) is 0. The number of carbonyl (C=O) groups excluding carboxylic acids is 1. The molecule has 11 heteroatoms. The second-order valence-electron chi connectivity index (χ2n) is 8.23. The van der Waals surface area contributed by atoms with Crippen molar-refractivity contribution in [2.45, 2.75) is 49.6 Å². The lowest BCUT2D eigenvalue weighted by atomic mass is 10.2. The number of sulfone groups is 1. The summed E-state index contributed by atoms with van der Waals surface area (Å²) in [5.41, 5.74) is 0.848. The van der Waals surface area contributed by atoms with Crippen molar-refractivity contribution in [3.63, 3.8) is 0 Å². The smallest absolute Gasteiger partial charge is 0.236 e. The molecule has 2 saturated heterocycles. The zero-order valence-corrected chi connectivity index (χ0v) is 20.7. The fraction of sp³-hybridized carbons (Fsp3) is 0.571. The van der Waals surface area contributed by atoms with Gasteiger partial charge in [-0.15, -0.1) is 10.2 Å². The number of rotatable bonds is 7. The molecule has 2 fully saturated rings. The van der Waals surface area contributed by atoms with Gasteiger partial charge < -0.3 is 9.80 Å². The summed E-state index contributed by atoms with van der Waals surface area (Å²) < 4.78 is 25.8. The molecule has 2 aliphatic rings. The normalized spacial score (nSPS) is 21.1. The van der Waals surface area contributed by atoms with Gasteiger partial charge in [0.15, 0.2) is 15.0 Å². The van der Waals surface area contributed by atoms with Crippen molar-refractivity contribution in [1.82, 2.24) is 19.7 Å². The zero-order valence-electron chi connectivity index (χ0n) is 18.3. The third kappa shape index (κ3) is 4.92. The van der Waals surface area contributed by atoms with Gasteiger partial charge in [0.05, 0.1) is 22.4 Å². The third-order valence-corrected chi connectivity index (χ3v) is 8.99. The van der Waals surface area contributed by atoms with E-state index < -0.39 is 15.1 Å². The molecule has 3 heterocycles. The minimum atomic E-state index is -3.07. The predicted molar refractivity (Wildman–Crippen MR) is 128 cm³/mol. The summed E-state index contributed by atoms with van der Waals surface area (Å²) in [6.07, 6.45) is 2.71. The first-order valence-electron chi connectivity index (χ1n) is 10.9. The zero-order chi connectivity index (χ0) is 22.9. The fourth-order valence-electron chi connectivity index (χ4n) is 4.36. The Kier molecular flexibility index (Phi) is 7.02. The lowest BCUT2D eigenvalue weighted by molar-refractivity contribution is -0.131. The maximum atomic E-state index is 13.3. The van der Waals surface area contributed by atoms with Crippen molar-refractivity contribution in [3.05, 3.63) is 29.3 Å². The van der Waals surface area contributed by atoms with Gasteiger partial charge in [0, 0.05) is 30.7 Å². The van der Waals surface area contributed by atoms with E-state index in [1.165, 1.54) is 11.8 Å². The minimum Gasteiger partial charge on any atom is -0.341 e. The van der Waals surface area contributed by atoms with Crippen LogP contribution < -0.4 is 4.90 Å². The molecule has 0 bridgehead atoms. The molecule has 1 aromatic heterocycles. The Morgan fingerprint density at radius 3 is 2.69 bits per heavy atom. The number of nitrogens with zero attached hydrogens (tertiary/aromatic N) is 5. The van der Waals surface area contributed by atoms with E-state index in [1.807, 2.05) is 42.7 Å². The molecule has 32 heavy (non-hydrogen) atoms. The summed E-state index contributed by atoms with van der Waals surface area (Å²) in [4.78, 5) is 17.2. The Bertz CT molecular complexity index is 1080. The summed E-state index contributed by atoms with van der Waals surface area (Å²) in [6.45, 7) is 6.03. The van der Waals surface area contributed by atoms with Gasteiger partial charge in [-0.1, -0.05) is 29.4 Å². The molecule has 1 aromatic carbocycles. The summed E-state index contributed by atoms with van der Waals surface area (Å²) in [5.74, 6) is 0.858. The van der Waals surface area contributed by atoms with Crippen molar-refractivity contribution < 1.29 is 13.2 Å². The average molecular weight is 498 g/mol. The van der Waals surface area contributed by atoms with E-state index in [2.05, 4.69) is 15.1 Å². The topological polar surface area (TPSA) is 88.4 Å². The first-order chi connectivity index (χ1) is 15.3. The Hall–Kier alpha value is -1.78. The van der Waals surface area contributed by atoms with Gasteiger partial charge >= 0.3 is 0 Å². The number of carbonyl (C=O) groups is 1. The van der Waals surface area contributed by atoms with Crippen LogP contribution >= 0.6 is 23.4 Å². The number of benzene rings is 1. The highest BCUT2D eigenvalue weighted by molar-refractivity contribution is 8.00. The second kappa shape index (κ2) is 9.61. The molecule has 0 N–H and O–H groups in total. The molecule has 0 saturated carbocycles. The molecule has 2 unspecified atom stereocenters. The van der Waals surface area contributed by atoms with Crippen LogP contribution in [0.2, 0.25) is 5.02 Å². The fourth-order valence-corrected chi connectivity index (χ4v) is 7.21. The van der Waals surface area contributed by atoms with E-state index in [4.69, 9.17) is 11.6 Å². The summed E-state index contributed by atoms with van der Waals surface area (Å²) in [7, 11) is -3.07. The summed E-state index contributed by atoms with van der Waals surface area (Å²) in [5, 5.41) is 9.66. The van der Waals surface area contributed by atoms with Crippen molar-refractivity contribution in [2.75, 3.05) is 36.0 Å². The van der Waals surface area contributed by atoms with Crippen LogP contribution in [0.1, 0.15) is 33.1 Å². The lowest BCUT2D eigenvalue weighted by Crippen LogP contribution is -2.44. The minimum absolute atomic E-state index is 0.0434. The molecule has 4 rings (SSSR count). The molecule has 0 radical (unpaired) electrons. The van der Waals surface area contributed by atoms with E-state index in [1.54, 1.807) is 4.90 Å². The summed E-state index contributed by atoms with van der Waals surface area (Å²) >= 11 is 7.59. The Labute approximate surface area is 198 Å². The number of aromatic nitrogens is 3. The SMILES string of the molecule is CCN(C(=O)C(C)Sc1nnc(N2CCCC2)n1-c1cccc(Cl)c1)C1CCS(=O)(=O)C1. The standard InChI is InChI=1S/C21H28ClN5O3S2/c1-3-26(18-9-12-32(29,30)14-18)19(28)15(2)31-21-24-23-20(25-10-4-5-11-25)27(21)17-8-6-7-16(22)13-17/h6-8,13,15,18H,3-5,9-12,14H2,1-2H3. The van der Waals surface area contributed by atoms with Crippen molar-refractivity contribution >= 4 is 45.1 Å². The molecule has 1 amide bonds. The number of amides is 1. The number of halogens is 1. The number of anilines is 1. The Balaban J connectivity index is 1.60. The molecule has 2 aromatic rings. The quantitative estimate of drug-likeness (QED) is 0.543. The Morgan fingerprint density at radius 2 is 2.06 bits per heavy atom. The van der Waals surface area contributed by atoms with Gasteiger partial charge in [-0.2, -0.15) is 0 Å². The van der Waals surface area contributed by atoms with E-state index in [9.17, 15) is 13.2 Å². The Morgan fingerprint density at radius 1 is 1.31 bits per heavy atom. The number of thioether (sulfide) groups is 1. The van der Waals surface area contributed by atoms with Gasteiger partial charge in [0.1, 0.15) is 0 Å². The molecule has 8 nitrogen and oxygen atoms in total. The van der Waals surface area contributed by atoms with Crippen LogP contribution in [0.4, 0.5) is 5.95 Å². The molecule has 2 atom stereocenters. The van der Waals surface area contributed by atoms with Crippen LogP contribution in [0.5, 0.6) is 0 Å². The van der Waals surface area contributed by atoms with Crippen molar-refractivity contribution in [1.29, 1.82) is 0 Å². The highest BCUT2D eigenvalue weighted by Gasteiger charge is 2.36. The molecular formula is C21H28ClN5O3S2. The van der Waals surface area contributed by atoms with Crippen LogP contribution in [-0.2, 0) is 14.6 Å². The molecule has 174 valence electrons. The van der Waals surface area contributed by atoms with Gasteiger partial charge in [-0.3, -0.25) is 9.36 Å². The average Bonchev–Trinajstić information content (AvgIpc) is 3.48. The van der Waals surface area contributed by atoms with Gasteiger partial charge in [-0.05, 0) is 51.3 Å². The van der Waals surface area contributed by atoms with Crippen LogP contribution in [0.3, 0.4) is 0 Å². The summed E-state index contributed by atoms with van der Waals surface area (Å²) in [6, 6.07) is 7.26. The van der Waals surface area contributed by atoms with Crippen LogP contribution in [0.15, 0.2) is 29.4 Å². The van der Waals surface area contributed by atoms with E-state index in [-0.39, 0.29) is 23.5 Å². The van der Waals surface area contributed by atoms with Crippen molar-refractivity contribution in [2.24, 2.45) is 0 Å². The monoisotopic (exact) mass is 497 g/mol. The van der Waals surface area contributed by atoms with Crippen molar-refractivity contribution in [3.8, 4) is 5.69 Å². The van der Waals surface area contributed by atoms with Crippen LogP contribution in [0, 0.1) is 0 Å². The first kappa shape index (κ1) is 23.4. The maximum Gasteiger partial charge on any atom is 0.236 e. The van der Waals surface area contributed by atoms with E-state index >= 15 is 0 Å². The maximum absolute atomic E-state index is 13.3. The predicted octanol–water partition coefficient (Wildman–Crippen LogP) is 3.04. The third-order valence-electron chi connectivity index (χ3n) is 5.97. The van der Waals surface area contributed by atoms with Gasteiger partial charge in [-0.25, -0.2) is 8.42 Å². The van der Waals surface area contributed by atoms with E-state index in [0.717, 1.165) is 37.6 Å². The van der Waals surface area contributed by atoms with Gasteiger partial charge in [0.2, 0.25) is 11.9 Å².